The number of hydrogen-bond donors (Lipinski definition) is 2. The van der Waals surface area contributed by atoms with E-state index in [0.29, 0.717) is 25.6 Å². The van der Waals surface area contributed by atoms with Gasteiger partial charge in [-0.15, -0.1) is 0 Å². The van der Waals surface area contributed by atoms with Gasteiger partial charge in [0.15, 0.2) is 0 Å². The Hall–Kier alpha value is -1.30. The first-order chi connectivity index (χ1) is 11.1. The molecule has 2 aliphatic heterocycles. The minimum atomic E-state index is -0.102. The van der Waals surface area contributed by atoms with Crippen LogP contribution in [0.5, 0.6) is 0 Å². The monoisotopic (exact) mass is 324 g/mol. The molecular formula is C17H32N4O2. The maximum atomic E-state index is 11.8. The lowest BCUT2D eigenvalue weighted by Gasteiger charge is -2.35. The van der Waals surface area contributed by atoms with Crippen LogP contribution in [0.3, 0.4) is 0 Å². The molecule has 0 bridgehead atoms. The van der Waals surface area contributed by atoms with Crippen molar-refractivity contribution in [2.75, 3.05) is 39.3 Å². The molecule has 0 aromatic carbocycles. The first-order valence-electron chi connectivity index (χ1n) is 9.10. The molecule has 0 radical (unpaired) electrons. The summed E-state index contributed by atoms with van der Waals surface area (Å²) in [4.78, 5) is 27.7. The van der Waals surface area contributed by atoms with E-state index in [0.717, 1.165) is 44.9 Å². The number of amides is 3. The van der Waals surface area contributed by atoms with Crippen molar-refractivity contribution >= 4 is 11.9 Å². The van der Waals surface area contributed by atoms with Crippen LogP contribution >= 0.6 is 0 Å². The standard InChI is InChI=1S/C17H32N4O2/c1-14-6-3-10-21(13-14)15(2)12-19-17(23)18-8-5-11-20-9-4-7-16(20)22/h14-15H,3-13H2,1-2H3,(H2,18,19,23). The van der Waals surface area contributed by atoms with Crippen LogP contribution in [0.25, 0.3) is 0 Å². The zero-order chi connectivity index (χ0) is 16.7. The molecule has 6 heteroatoms. The SMILES string of the molecule is CC1CCCN(C(C)CNC(=O)NCCCN2CCCC2=O)C1. The molecule has 0 aliphatic carbocycles. The molecule has 2 fully saturated rings. The van der Waals surface area contributed by atoms with Gasteiger partial charge in [0.1, 0.15) is 0 Å². The third kappa shape index (κ3) is 6.01. The van der Waals surface area contributed by atoms with Crippen LogP contribution in [0.15, 0.2) is 0 Å². The summed E-state index contributed by atoms with van der Waals surface area (Å²) < 4.78 is 0. The number of nitrogens with one attached hydrogen (secondary N) is 2. The van der Waals surface area contributed by atoms with E-state index in [-0.39, 0.29) is 11.9 Å². The molecule has 0 saturated carbocycles. The molecule has 3 amide bonds. The Kier molecular flexibility index (Phi) is 7.15. The molecule has 132 valence electrons. The lowest BCUT2D eigenvalue weighted by atomic mass is 9.99. The molecule has 2 saturated heterocycles. The molecular weight excluding hydrogens is 292 g/mol. The number of urea groups is 1. The number of hydrogen-bond acceptors (Lipinski definition) is 3. The first kappa shape index (κ1) is 18.0. The van der Waals surface area contributed by atoms with Gasteiger partial charge in [-0.1, -0.05) is 6.92 Å². The Morgan fingerprint density at radius 1 is 1.30 bits per heavy atom. The summed E-state index contributed by atoms with van der Waals surface area (Å²) >= 11 is 0. The average molecular weight is 324 g/mol. The minimum Gasteiger partial charge on any atom is -0.343 e. The summed E-state index contributed by atoms with van der Waals surface area (Å²) in [6.07, 6.45) is 5.04. The third-order valence-corrected chi connectivity index (χ3v) is 4.93. The van der Waals surface area contributed by atoms with Crippen LogP contribution in [0.4, 0.5) is 4.79 Å². The molecule has 2 N–H and O–H groups in total. The predicted molar refractivity (Wildman–Crippen MR) is 91.3 cm³/mol. The largest absolute Gasteiger partial charge is 0.343 e. The second-order valence-electron chi connectivity index (χ2n) is 7.07. The van der Waals surface area contributed by atoms with E-state index in [1.54, 1.807) is 0 Å². The summed E-state index contributed by atoms with van der Waals surface area (Å²) in [7, 11) is 0. The van der Waals surface area contributed by atoms with E-state index >= 15 is 0 Å². The van der Waals surface area contributed by atoms with Crippen molar-refractivity contribution in [2.45, 2.75) is 52.0 Å². The Labute approximate surface area is 140 Å². The number of piperidine rings is 1. The molecule has 2 heterocycles. The van der Waals surface area contributed by atoms with Gasteiger partial charge in [-0.05, 0) is 45.1 Å². The zero-order valence-electron chi connectivity index (χ0n) is 14.6. The molecule has 2 unspecified atom stereocenters. The van der Waals surface area contributed by atoms with E-state index in [9.17, 15) is 9.59 Å². The van der Waals surface area contributed by atoms with Crippen LogP contribution in [-0.2, 0) is 4.79 Å². The topological polar surface area (TPSA) is 64.7 Å². The van der Waals surface area contributed by atoms with Gasteiger partial charge in [0.2, 0.25) is 5.91 Å². The smallest absolute Gasteiger partial charge is 0.314 e. The molecule has 0 aromatic rings. The fourth-order valence-corrected chi connectivity index (χ4v) is 3.47. The lowest BCUT2D eigenvalue weighted by Crippen LogP contribution is -2.48. The van der Waals surface area contributed by atoms with Crippen molar-refractivity contribution in [1.82, 2.24) is 20.4 Å². The third-order valence-electron chi connectivity index (χ3n) is 4.93. The van der Waals surface area contributed by atoms with Crippen molar-refractivity contribution in [3.63, 3.8) is 0 Å². The molecule has 2 aliphatic rings. The fourth-order valence-electron chi connectivity index (χ4n) is 3.47. The summed E-state index contributed by atoms with van der Waals surface area (Å²) in [6, 6.07) is 0.278. The lowest BCUT2D eigenvalue weighted by molar-refractivity contribution is -0.127. The Bertz CT molecular complexity index is 402. The van der Waals surface area contributed by atoms with Crippen molar-refractivity contribution in [3.8, 4) is 0 Å². The maximum absolute atomic E-state index is 11.8. The molecule has 2 atom stereocenters. The maximum Gasteiger partial charge on any atom is 0.314 e. The molecule has 0 aromatic heterocycles. The van der Waals surface area contributed by atoms with E-state index in [4.69, 9.17) is 0 Å². The predicted octanol–water partition coefficient (Wildman–Crippen LogP) is 1.42. The summed E-state index contributed by atoms with van der Waals surface area (Å²) in [6.45, 7) is 9.67. The number of carbonyl (C=O) groups is 2. The molecule has 6 nitrogen and oxygen atoms in total. The van der Waals surface area contributed by atoms with Crippen LogP contribution in [0.1, 0.15) is 46.0 Å². The number of likely N-dealkylation sites (tertiary alicyclic amines) is 2. The molecule has 23 heavy (non-hydrogen) atoms. The first-order valence-corrected chi connectivity index (χ1v) is 9.10. The van der Waals surface area contributed by atoms with Crippen molar-refractivity contribution in [3.05, 3.63) is 0 Å². The van der Waals surface area contributed by atoms with Gasteiger partial charge in [0.25, 0.3) is 0 Å². The number of carbonyl (C=O) groups excluding carboxylic acids is 2. The summed E-state index contributed by atoms with van der Waals surface area (Å²) in [5, 5.41) is 5.84. The fraction of sp³-hybridized carbons (Fsp3) is 0.882. The van der Waals surface area contributed by atoms with Gasteiger partial charge in [0, 0.05) is 45.2 Å². The Morgan fingerprint density at radius 3 is 2.83 bits per heavy atom. The number of nitrogens with zero attached hydrogens (tertiary/aromatic N) is 2. The van der Waals surface area contributed by atoms with E-state index in [1.165, 1.54) is 12.8 Å². The van der Waals surface area contributed by atoms with E-state index < -0.39 is 0 Å². The van der Waals surface area contributed by atoms with Gasteiger partial charge in [0.05, 0.1) is 0 Å². The van der Waals surface area contributed by atoms with E-state index in [2.05, 4.69) is 29.4 Å². The second-order valence-corrected chi connectivity index (χ2v) is 7.07. The van der Waals surface area contributed by atoms with Gasteiger partial charge in [-0.25, -0.2) is 4.79 Å². The Morgan fingerprint density at radius 2 is 2.13 bits per heavy atom. The van der Waals surface area contributed by atoms with Crippen LogP contribution in [0.2, 0.25) is 0 Å². The van der Waals surface area contributed by atoms with Crippen molar-refractivity contribution < 1.29 is 9.59 Å². The van der Waals surface area contributed by atoms with Gasteiger partial charge < -0.3 is 15.5 Å². The highest BCUT2D eigenvalue weighted by Gasteiger charge is 2.21. The van der Waals surface area contributed by atoms with Crippen LogP contribution in [-0.4, -0.2) is 67.0 Å². The normalized spacial score (nSPS) is 23.8. The minimum absolute atomic E-state index is 0.102. The van der Waals surface area contributed by atoms with Crippen LogP contribution < -0.4 is 10.6 Å². The highest BCUT2D eigenvalue weighted by atomic mass is 16.2. The highest BCUT2D eigenvalue weighted by molar-refractivity contribution is 5.78. The average Bonchev–Trinajstić information content (AvgIpc) is 2.94. The van der Waals surface area contributed by atoms with Crippen LogP contribution in [0, 0.1) is 5.92 Å². The van der Waals surface area contributed by atoms with Crippen molar-refractivity contribution in [1.29, 1.82) is 0 Å². The van der Waals surface area contributed by atoms with Crippen molar-refractivity contribution in [2.24, 2.45) is 5.92 Å². The number of rotatable bonds is 7. The quantitative estimate of drug-likeness (QED) is 0.696. The summed E-state index contributed by atoms with van der Waals surface area (Å²) in [5.41, 5.74) is 0. The van der Waals surface area contributed by atoms with Gasteiger partial charge in [-0.3, -0.25) is 9.69 Å². The van der Waals surface area contributed by atoms with Gasteiger partial charge >= 0.3 is 6.03 Å². The zero-order valence-corrected chi connectivity index (χ0v) is 14.6. The van der Waals surface area contributed by atoms with E-state index in [1.807, 2.05) is 4.90 Å². The molecule has 2 rings (SSSR count). The molecule has 0 spiro atoms. The summed E-state index contributed by atoms with van der Waals surface area (Å²) in [5.74, 6) is 1.01. The van der Waals surface area contributed by atoms with Gasteiger partial charge in [-0.2, -0.15) is 0 Å². The second kappa shape index (κ2) is 9.11. The highest BCUT2D eigenvalue weighted by Crippen LogP contribution is 2.17. The Balaban J connectivity index is 1.53.